The number of ether oxygens (including phenoxy) is 1. The second kappa shape index (κ2) is 10.6. The van der Waals surface area contributed by atoms with E-state index in [-0.39, 0.29) is 31.0 Å². The summed E-state index contributed by atoms with van der Waals surface area (Å²) in [4.78, 5) is 39.1. The van der Waals surface area contributed by atoms with E-state index < -0.39 is 30.3 Å². The second-order valence-electron chi connectivity index (χ2n) is 10.2. The summed E-state index contributed by atoms with van der Waals surface area (Å²) in [6.45, 7) is 4.94. The van der Waals surface area contributed by atoms with Crippen LogP contribution in [0.15, 0.2) is 24.3 Å². The Morgan fingerprint density at radius 3 is 2.31 bits per heavy atom. The Labute approximate surface area is 203 Å². The predicted octanol–water partition coefficient (Wildman–Crippen LogP) is 4.30. The van der Waals surface area contributed by atoms with Crippen LogP contribution in [0.1, 0.15) is 64.0 Å². The van der Waals surface area contributed by atoms with E-state index in [2.05, 4.69) is 36.1 Å². The van der Waals surface area contributed by atoms with Gasteiger partial charge in [-0.2, -0.15) is 13.2 Å². The molecule has 3 rings (SSSR count). The highest BCUT2D eigenvalue weighted by atomic mass is 19.4. The normalized spacial score (nSPS) is 23.0. The SMILES string of the molecule is CCC(C)(C)C1CCC2(CC1)NC(=O)N(CC(=O)NCc1ccc(COCC(F)(F)F)cc1)C2=O. The molecule has 1 spiro atoms. The van der Waals surface area contributed by atoms with E-state index in [0.29, 0.717) is 24.3 Å². The van der Waals surface area contributed by atoms with Gasteiger partial charge < -0.3 is 15.4 Å². The van der Waals surface area contributed by atoms with Crippen LogP contribution in [0.4, 0.5) is 18.0 Å². The van der Waals surface area contributed by atoms with E-state index >= 15 is 0 Å². The Bertz CT molecular complexity index is 923. The highest BCUT2D eigenvalue weighted by Crippen LogP contribution is 2.45. The van der Waals surface area contributed by atoms with Gasteiger partial charge in [-0.3, -0.25) is 14.5 Å². The molecule has 1 saturated heterocycles. The third kappa shape index (κ3) is 6.74. The molecule has 2 N–H and O–H groups in total. The van der Waals surface area contributed by atoms with Crippen LogP contribution >= 0.6 is 0 Å². The van der Waals surface area contributed by atoms with Crippen LogP contribution in [0, 0.1) is 11.3 Å². The van der Waals surface area contributed by atoms with Gasteiger partial charge in [0.05, 0.1) is 6.61 Å². The first kappa shape index (κ1) is 27.0. The molecule has 4 amide bonds. The van der Waals surface area contributed by atoms with Crippen LogP contribution in [-0.2, 0) is 27.5 Å². The van der Waals surface area contributed by atoms with E-state index in [1.807, 2.05) is 0 Å². The Morgan fingerprint density at radius 1 is 1.14 bits per heavy atom. The van der Waals surface area contributed by atoms with Gasteiger partial charge in [-0.1, -0.05) is 51.5 Å². The summed E-state index contributed by atoms with van der Waals surface area (Å²) in [5.41, 5.74) is 0.567. The fourth-order valence-corrected chi connectivity index (χ4v) is 4.78. The number of imide groups is 1. The number of halogens is 3. The third-order valence-corrected chi connectivity index (χ3v) is 7.45. The van der Waals surface area contributed by atoms with Crippen molar-refractivity contribution in [1.82, 2.24) is 15.5 Å². The Morgan fingerprint density at radius 2 is 1.74 bits per heavy atom. The van der Waals surface area contributed by atoms with Crippen molar-refractivity contribution < 1.29 is 32.3 Å². The van der Waals surface area contributed by atoms with Gasteiger partial charge in [0.1, 0.15) is 18.7 Å². The number of nitrogens with zero attached hydrogens (tertiary/aromatic N) is 1. The van der Waals surface area contributed by atoms with Gasteiger partial charge in [0.15, 0.2) is 0 Å². The third-order valence-electron chi connectivity index (χ3n) is 7.45. The standard InChI is InChI=1S/C25H34F3N3O4/c1-4-23(2,3)19-9-11-24(12-10-19)21(33)31(22(34)30-24)14-20(32)29-13-17-5-7-18(8-6-17)15-35-16-25(26,27)28/h5-8,19H,4,9-16H2,1-3H3,(H,29,32)(H,30,34). The number of urea groups is 1. The van der Waals surface area contributed by atoms with Crippen LogP contribution in [0.25, 0.3) is 0 Å². The van der Waals surface area contributed by atoms with Crippen LogP contribution in [-0.4, -0.2) is 47.6 Å². The molecule has 1 saturated carbocycles. The molecule has 1 aromatic carbocycles. The monoisotopic (exact) mass is 497 g/mol. The van der Waals surface area contributed by atoms with Crippen molar-refractivity contribution in [2.45, 2.75) is 77.7 Å². The largest absolute Gasteiger partial charge is 0.411 e. The van der Waals surface area contributed by atoms with Crippen molar-refractivity contribution in [2.24, 2.45) is 11.3 Å². The number of hydrogen-bond donors (Lipinski definition) is 2. The van der Waals surface area contributed by atoms with Crippen molar-refractivity contribution in [3.05, 3.63) is 35.4 Å². The molecule has 2 fully saturated rings. The lowest BCUT2D eigenvalue weighted by molar-refractivity contribution is -0.176. The van der Waals surface area contributed by atoms with Gasteiger partial charge in [-0.05, 0) is 48.1 Å². The van der Waals surface area contributed by atoms with Gasteiger partial charge in [-0.15, -0.1) is 0 Å². The summed E-state index contributed by atoms with van der Waals surface area (Å²) < 4.78 is 41.1. The van der Waals surface area contributed by atoms with Crippen LogP contribution < -0.4 is 10.6 Å². The molecule has 2 aliphatic rings. The van der Waals surface area contributed by atoms with Crippen molar-refractivity contribution in [3.8, 4) is 0 Å². The van der Waals surface area contributed by atoms with Crippen molar-refractivity contribution in [1.29, 1.82) is 0 Å². The van der Waals surface area contributed by atoms with Crippen LogP contribution in [0.5, 0.6) is 0 Å². The zero-order valence-corrected chi connectivity index (χ0v) is 20.5. The number of carbonyl (C=O) groups is 3. The summed E-state index contributed by atoms with van der Waals surface area (Å²) in [6.07, 6.45) is -0.478. The van der Waals surface area contributed by atoms with Gasteiger partial charge in [-0.25, -0.2) is 4.79 Å². The first-order valence-corrected chi connectivity index (χ1v) is 12.0. The summed E-state index contributed by atoms with van der Waals surface area (Å²) in [7, 11) is 0. The molecule has 0 atom stereocenters. The maximum Gasteiger partial charge on any atom is 0.411 e. The number of hydrogen-bond acceptors (Lipinski definition) is 4. The smallest absolute Gasteiger partial charge is 0.367 e. The van der Waals surface area contributed by atoms with E-state index in [1.165, 1.54) is 0 Å². The molecular formula is C25H34F3N3O4. The minimum Gasteiger partial charge on any atom is -0.367 e. The molecule has 194 valence electrons. The predicted molar refractivity (Wildman–Crippen MR) is 123 cm³/mol. The first-order chi connectivity index (χ1) is 16.3. The average Bonchev–Trinajstić information content (AvgIpc) is 3.02. The summed E-state index contributed by atoms with van der Waals surface area (Å²) in [6, 6.07) is 6.04. The van der Waals surface area contributed by atoms with E-state index in [9.17, 15) is 27.6 Å². The lowest BCUT2D eigenvalue weighted by atomic mass is 9.65. The summed E-state index contributed by atoms with van der Waals surface area (Å²) >= 11 is 0. The fraction of sp³-hybridized carbons (Fsp3) is 0.640. The van der Waals surface area contributed by atoms with Crippen molar-refractivity contribution >= 4 is 17.8 Å². The summed E-state index contributed by atoms with van der Waals surface area (Å²) in [5.74, 6) is -0.319. The average molecular weight is 498 g/mol. The Hall–Kier alpha value is -2.62. The van der Waals surface area contributed by atoms with Crippen molar-refractivity contribution in [3.63, 3.8) is 0 Å². The van der Waals surface area contributed by atoms with E-state index in [1.54, 1.807) is 24.3 Å². The number of rotatable bonds is 9. The van der Waals surface area contributed by atoms with Gasteiger partial charge in [0.2, 0.25) is 5.91 Å². The Balaban J connectivity index is 1.47. The number of nitrogens with one attached hydrogen (secondary N) is 2. The molecule has 1 aliphatic carbocycles. The number of alkyl halides is 3. The Kier molecular flexibility index (Phi) is 8.14. The van der Waals surface area contributed by atoms with Gasteiger partial charge in [0, 0.05) is 6.54 Å². The molecule has 1 aromatic rings. The highest BCUT2D eigenvalue weighted by Gasteiger charge is 2.53. The molecule has 0 aromatic heterocycles. The zero-order chi connectivity index (χ0) is 25.9. The van der Waals surface area contributed by atoms with Crippen molar-refractivity contribution in [2.75, 3.05) is 13.2 Å². The molecule has 1 aliphatic heterocycles. The molecule has 35 heavy (non-hydrogen) atoms. The molecular weight excluding hydrogens is 463 g/mol. The second-order valence-corrected chi connectivity index (χ2v) is 10.2. The van der Waals surface area contributed by atoms with E-state index in [0.717, 1.165) is 29.7 Å². The lowest BCUT2D eigenvalue weighted by Crippen LogP contribution is -2.51. The maximum absolute atomic E-state index is 13.1. The fourth-order valence-electron chi connectivity index (χ4n) is 4.78. The quantitative estimate of drug-likeness (QED) is 0.498. The summed E-state index contributed by atoms with van der Waals surface area (Å²) in [5, 5.41) is 5.53. The number of benzene rings is 1. The molecule has 0 bridgehead atoms. The molecule has 7 nitrogen and oxygen atoms in total. The topological polar surface area (TPSA) is 87.7 Å². The lowest BCUT2D eigenvalue weighted by Gasteiger charge is -2.42. The van der Waals surface area contributed by atoms with E-state index in [4.69, 9.17) is 0 Å². The van der Waals surface area contributed by atoms with Crippen LogP contribution in [0.2, 0.25) is 0 Å². The molecule has 1 heterocycles. The zero-order valence-electron chi connectivity index (χ0n) is 20.5. The molecule has 10 heteroatoms. The molecule has 0 radical (unpaired) electrons. The maximum atomic E-state index is 13.1. The van der Waals surface area contributed by atoms with Gasteiger partial charge >= 0.3 is 12.2 Å². The first-order valence-electron chi connectivity index (χ1n) is 12.0. The van der Waals surface area contributed by atoms with Crippen LogP contribution in [0.3, 0.4) is 0 Å². The van der Waals surface area contributed by atoms with Gasteiger partial charge in [0.25, 0.3) is 5.91 Å². The number of amides is 4. The molecule has 0 unspecified atom stereocenters. The highest BCUT2D eigenvalue weighted by molar-refractivity contribution is 6.09. The minimum atomic E-state index is -4.37. The number of carbonyl (C=O) groups excluding carboxylic acids is 3. The minimum absolute atomic E-state index is 0.158.